The molecule has 1 aromatic heterocycles. The topological polar surface area (TPSA) is 83.2 Å². The quantitative estimate of drug-likeness (QED) is 0.145. The lowest BCUT2D eigenvalue weighted by Crippen LogP contribution is -2.33. The number of benzene rings is 5. The average Bonchev–Trinajstić information content (AvgIpc) is 2.88. The lowest BCUT2D eigenvalue weighted by Gasteiger charge is -2.13. The van der Waals surface area contributed by atoms with Gasteiger partial charge in [0.15, 0.2) is 0 Å². The van der Waals surface area contributed by atoms with Crippen LogP contribution in [0.2, 0.25) is 0 Å². The Bertz CT molecular complexity index is 1840. The zero-order valence-electron chi connectivity index (χ0n) is 18.5. The van der Waals surface area contributed by atoms with Gasteiger partial charge >= 0.3 is 0 Å². The lowest BCUT2D eigenvalue weighted by molar-refractivity contribution is -0.538. The minimum atomic E-state index is -4.25. The Balaban J connectivity index is 1.64. The molecule has 0 amide bonds. The highest BCUT2D eigenvalue weighted by molar-refractivity contribution is 7.85. The Hall–Kier alpha value is -4.33. The smallest absolute Gasteiger partial charge is 0.294 e. The van der Waals surface area contributed by atoms with Crippen molar-refractivity contribution in [1.29, 1.82) is 0 Å². The monoisotopic (exact) mass is 478 g/mol. The minimum Gasteiger partial charge on any atom is -0.355 e. The van der Waals surface area contributed by atoms with Crippen LogP contribution in [0.1, 0.15) is 0 Å². The molecule has 35 heavy (non-hydrogen) atoms. The van der Waals surface area contributed by atoms with Gasteiger partial charge in [0.1, 0.15) is 11.0 Å². The number of nitrogens with zero attached hydrogens (tertiary/aromatic N) is 2. The molecule has 0 spiro atoms. The average molecular weight is 479 g/mol. The van der Waals surface area contributed by atoms with Gasteiger partial charge in [-0.25, -0.2) is 4.98 Å². The zero-order valence-corrected chi connectivity index (χ0v) is 19.3. The van der Waals surface area contributed by atoms with Gasteiger partial charge in [0, 0.05) is 40.7 Å². The third kappa shape index (κ3) is 3.77. The largest absolute Gasteiger partial charge is 0.355 e. The van der Waals surface area contributed by atoms with E-state index in [4.69, 9.17) is 4.98 Å². The molecule has 0 atom stereocenters. The Morgan fingerprint density at radius 2 is 1.37 bits per heavy atom. The fourth-order valence-corrected chi connectivity index (χ4v) is 4.94. The Labute approximate surface area is 201 Å². The predicted octanol–water partition coefficient (Wildman–Crippen LogP) is 5.81. The summed E-state index contributed by atoms with van der Waals surface area (Å²) in [6, 6.07) is 34.4. The van der Waals surface area contributed by atoms with Gasteiger partial charge in [0.05, 0.1) is 10.6 Å². The van der Waals surface area contributed by atoms with Gasteiger partial charge in [-0.3, -0.25) is 4.55 Å². The Morgan fingerprint density at radius 1 is 0.714 bits per heavy atom. The maximum absolute atomic E-state index is 11.4. The second kappa shape index (κ2) is 8.16. The molecular weight excluding hydrogens is 458 g/mol. The third-order valence-electron chi connectivity index (χ3n) is 6.04. The van der Waals surface area contributed by atoms with Crippen LogP contribution in [0.3, 0.4) is 0 Å². The molecular formula is C28H20N3O3S+. The molecule has 5 aromatic carbocycles. The maximum Gasteiger partial charge on any atom is 0.294 e. The summed E-state index contributed by atoms with van der Waals surface area (Å²) in [6.45, 7) is 0. The highest BCUT2D eigenvalue weighted by atomic mass is 32.2. The summed E-state index contributed by atoms with van der Waals surface area (Å²) in [7, 11) is -4.25. The number of anilines is 2. The van der Waals surface area contributed by atoms with Gasteiger partial charge in [-0.2, -0.15) is 8.42 Å². The van der Waals surface area contributed by atoms with Gasteiger partial charge in [-0.1, -0.05) is 54.6 Å². The number of hydrogen-bond acceptors (Lipinski definition) is 4. The van der Waals surface area contributed by atoms with Crippen LogP contribution in [0.4, 0.5) is 11.4 Å². The minimum absolute atomic E-state index is 0.149. The van der Waals surface area contributed by atoms with Crippen molar-refractivity contribution >= 4 is 54.3 Å². The number of aromatic nitrogens is 2. The molecule has 6 nitrogen and oxygen atoms in total. The van der Waals surface area contributed by atoms with E-state index < -0.39 is 10.1 Å². The van der Waals surface area contributed by atoms with Gasteiger partial charge in [-0.15, -0.1) is 4.57 Å². The first-order chi connectivity index (χ1) is 17.0. The summed E-state index contributed by atoms with van der Waals surface area (Å²) in [5.41, 5.74) is 6.28. The van der Waals surface area contributed by atoms with Crippen LogP contribution < -0.4 is 9.88 Å². The second-order valence-electron chi connectivity index (χ2n) is 8.23. The molecule has 2 N–H and O–H groups in total. The lowest BCUT2D eigenvalue weighted by atomic mass is 10.0. The summed E-state index contributed by atoms with van der Waals surface area (Å²) >= 11 is 0. The molecule has 0 fully saturated rings. The van der Waals surface area contributed by atoms with E-state index in [0.29, 0.717) is 5.69 Å². The molecule has 6 rings (SSSR count). The van der Waals surface area contributed by atoms with E-state index in [2.05, 4.69) is 40.2 Å². The number of para-hydroxylation sites is 3. The van der Waals surface area contributed by atoms with E-state index in [9.17, 15) is 13.0 Å². The molecule has 1 heterocycles. The summed E-state index contributed by atoms with van der Waals surface area (Å²) in [4.78, 5) is 4.89. The Morgan fingerprint density at radius 3 is 2.11 bits per heavy atom. The molecule has 0 radical (unpaired) electrons. The molecule has 0 bridgehead atoms. The third-order valence-corrected chi connectivity index (χ3v) is 6.91. The first-order valence-electron chi connectivity index (χ1n) is 11.1. The standard InChI is InChI=1S/C28H19N3O3S/c32-35(33,34)21-16-14-19(15-17-21)29-25-18-27-28(23-11-5-4-10-22(23)25)30-24-12-6-7-13-26(24)31(27)20-8-2-1-3-9-20/h1-18H,(H,32,33,34)/p+1. The van der Waals surface area contributed by atoms with Gasteiger partial charge in [-0.05, 0) is 30.3 Å². The second-order valence-corrected chi connectivity index (χ2v) is 9.65. The van der Waals surface area contributed by atoms with Crippen molar-refractivity contribution < 1.29 is 17.5 Å². The molecule has 170 valence electrons. The van der Waals surface area contributed by atoms with Gasteiger partial charge < -0.3 is 5.32 Å². The zero-order chi connectivity index (χ0) is 24.0. The summed E-state index contributed by atoms with van der Waals surface area (Å²) < 4.78 is 34.4. The first kappa shape index (κ1) is 21.2. The van der Waals surface area contributed by atoms with Crippen molar-refractivity contribution in [1.82, 2.24) is 4.98 Å². The molecule has 0 aliphatic heterocycles. The van der Waals surface area contributed by atoms with Crippen molar-refractivity contribution in [3.8, 4) is 5.69 Å². The SMILES string of the molecule is O=S(=O)(O)c1ccc(Nc2cc3c(nc4ccccc4[n+]3-c3ccccc3)c3ccccc23)cc1. The molecule has 0 aliphatic carbocycles. The van der Waals surface area contributed by atoms with Crippen LogP contribution in [0.5, 0.6) is 0 Å². The van der Waals surface area contributed by atoms with E-state index in [1.165, 1.54) is 12.1 Å². The van der Waals surface area contributed by atoms with Gasteiger partial charge in [0.25, 0.3) is 10.1 Å². The fourth-order valence-electron chi connectivity index (χ4n) is 4.46. The van der Waals surface area contributed by atoms with Crippen LogP contribution >= 0.6 is 0 Å². The van der Waals surface area contributed by atoms with Crippen molar-refractivity contribution in [3.05, 3.63) is 109 Å². The number of nitrogens with one attached hydrogen (secondary N) is 1. The van der Waals surface area contributed by atoms with Crippen molar-refractivity contribution in [2.75, 3.05) is 5.32 Å². The van der Waals surface area contributed by atoms with Crippen molar-refractivity contribution in [2.45, 2.75) is 4.90 Å². The van der Waals surface area contributed by atoms with Crippen molar-refractivity contribution in [2.24, 2.45) is 0 Å². The highest BCUT2D eigenvalue weighted by Crippen LogP contribution is 2.33. The van der Waals surface area contributed by atoms with E-state index >= 15 is 0 Å². The molecule has 0 unspecified atom stereocenters. The first-order valence-corrected chi connectivity index (χ1v) is 12.5. The number of hydrogen-bond donors (Lipinski definition) is 2. The van der Waals surface area contributed by atoms with E-state index in [1.807, 2.05) is 54.6 Å². The molecule has 7 heteroatoms. The van der Waals surface area contributed by atoms with E-state index in [0.717, 1.165) is 44.2 Å². The number of rotatable bonds is 4. The van der Waals surface area contributed by atoms with Crippen LogP contribution in [-0.4, -0.2) is 18.0 Å². The highest BCUT2D eigenvalue weighted by Gasteiger charge is 2.22. The molecule has 0 saturated carbocycles. The predicted molar refractivity (Wildman–Crippen MR) is 138 cm³/mol. The summed E-state index contributed by atoms with van der Waals surface area (Å²) in [5, 5.41) is 5.41. The van der Waals surface area contributed by atoms with E-state index in [1.54, 1.807) is 12.1 Å². The van der Waals surface area contributed by atoms with Crippen LogP contribution in [0, 0.1) is 0 Å². The summed E-state index contributed by atoms with van der Waals surface area (Å²) in [5.74, 6) is 0. The fraction of sp³-hybridized carbons (Fsp3) is 0. The normalized spacial score (nSPS) is 11.8. The Kier molecular flexibility index (Phi) is 4.95. The number of fused-ring (bicyclic) bond motifs is 4. The molecule has 6 aromatic rings. The van der Waals surface area contributed by atoms with Crippen LogP contribution in [0.15, 0.2) is 114 Å². The molecule has 0 saturated heterocycles. The molecule has 0 aliphatic rings. The summed E-state index contributed by atoms with van der Waals surface area (Å²) in [6.07, 6.45) is 0. The van der Waals surface area contributed by atoms with E-state index in [-0.39, 0.29) is 4.90 Å². The van der Waals surface area contributed by atoms with Crippen LogP contribution in [-0.2, 0) is 10.1 Å². The van der Waals surface area contributed by atoms with Crippen LogP contribution in [0.25, 0.3) is 38.5 Å². The van der Waals surface area contributed by atoms with Crippen molar-refractivity contribution in [3.63, 3.8) is 0 Å². The van der Waals surface area contributed by atoms with Gasteiger partial charge in [0.2, 0.25) is 16.7 Å². The maximum atomic E-state index is 11.4.